The van der Waals surface area contributed by atoms with Crippen LogP contribution in [0.25, 0.3) is 0 Å². The van der Waals surface area contributed by atoms with E-state index in [2.05, 4.69) is 10.6 Å². The number of urea groups is 1. The molecule has 5 nitrogen and oxygen atoms in total. The van der Waals surface area contributed by atoms with Gasteiger partial charge in [0.15, 0.2) is 0 Å². The maximum absolute atomic E-state index is 12.2. The number of hydrogen-bond donors (Lipinski definition) is 2. The lowest BCUT2D eigenvalue weighted by Crippen LogP contribution is -2.24. The summed E-state index contributed by atoms with van der Waals surface area (Å²) in [4.78, 5) is 25.9. The van der Waals surface area contributed by atoms with Gasteiger partial charge in [-0.05, 0) is 74.2 Å². The van der Waals surface area contributed by atoms with Crippen LogP contribution >= 0.6 is 0 Å². The van der Waals surface area contributed by atoms with Gasteiger partial charge >= 0.3 is 6.03 Å². The number of nitrogens with one attached hydrogen (secondary N) is 2. The first-order valence-corrected chi connectivity index (χ1v) is 8.50. The number of hydrogen-bond acceptors (Lipinski definition) is 2. The molecule has 0 saturated carbocycles. The molecule has 0 radical (unpaired) electrons. The normalized spacial score (nSPS) is 13.9. The zero-order valence-electron chi connectivity index (χ0n) is 14.8. The summed E-state index contributed by atoms with van der Waals surface area (Å²) in [5.41, 5.74) is 5.68. The molecule has 3 rings (SSSR count). The first-order valence-electron chi connectivity index (χ1n) is 8.50. The largest absolute Gasteiger partial charge is 0.323 e. The first kappa shape index (κ1) is 17.0. The minimum atomic E-state index is -0.285. The van der Waals surface area contributed by atoms with Crippen molar-refractivity contribution in [3.8, 4) is 0 Å². The average molecular weight is 337 g/mol. The quantitative estimate of drug-likeness (QED) is 0.873. The molecule has 1 saturated heterocycles. The van der Waals surface area contributed by atoms with Crippen molar-refractivity contribution < 1.29 is 9.59 Å². The third-order valence-electron chi connectivity index (χ3n) is 4.58. The molecule has 5 heteroatoms. The molecule has 0 aliphatic carbocycles. The second-order valence-electron chi connectivity index (χ2n) is 6.53. The van der Waals surface area contributed by atoms with Crippen LogP contribution in [0.5, 0.6) is 0 Å². The Morgan fingerprint density at radius 1 is 0.920 bits per heavy atom. The summed E-state index contributed by atoms with van der Waals surface area (Å²) in [6.07, 6.45) is 1.51. The van der Waals surface area contributed by atoms with Crippen molar-refractivity contribution in [2.45, 2.75) is 33.6 Å². The topological polar surface area (TPSA) is 61.4 Å². The summed E-state index contributed by atoms with van der Waals surface area (Å²) in [6, 6.07) is 11.1. The Morgan fingerprint density at radius 3 is 2.12 bits per heavy atom. The minimum absolute atomic E-state index is 0.163. The number of rotatable bonds is 3. The fraction of sp³-hybridized carbons (Fsp3) is 0.300. The van der Waals surface area contributed by atoms with E-state index >= 15 is 0 Å². The van der Waals surface area contributed by atoms with Crippen molar-refractivity contribution in [2.24, 2.45) is 0 Å². The molecular weight excluding hydrogens is 314 g/mol. The van der Waals surface area contributed by atoms with Crippen LogP contribution in [0, 0.1) is 20.8 Å². The van der Waals surface area contributed by atoms with E-state index < -0.39 is 0 Å². The highest BCUT2D eigenvalue weighted by molar-refractivity contribution is 6.00. The van der Waals surface area contributed by atoms with E-state index in [0.717, 1.165) is 35.5 Å². The zero-order valence-corrected chi connectivity index (χ0v) is 14.8. The predicted molar refractivity (Wildman–Crippen MR) is 101 cm³/mol. The molecule has 130 valence electrons. The molecule has 2 aromatic carbocycles. The Labute approximate surface area is 148 Å². The van der Waals surface area contributed by atoms with Gasteiger partial charge in [0.05, 0.1) is 0 Å². The van der Waals surface area contributed by atoms with Gasteiger partial charge in [-0.3, -0.25) is 4.79 Å². The second kappa shape index (κ2) is 6.97. The van der Waals surface area contributed by atoms with Crippen LogP contribution in [0.1, 0.15) is 29.5 Å². The molecule has 1 aliphatic heterocycles. The highest BCUT2D eigenvalue weighted by atomic mass is 16.2. The van der Waals surface area contributed by atoms with Gasteiger partial charge in [-0.2, -0.15) is 0 Å². The SMILES string of the molecule is Cc1ccc(NC(=O)Nc2ccc(N3CCCC3=O)c(C)c2)cc1C. The first-order chi connectivity index (χ1) is 11.9. The van der Waals surface area contributed by atoms with Gasteiger partial charge < -0.3 is 15.5 Å². The maximum atomic E-state index is 12.2. The summed E-state index contributed by atoms with van der Waals surface area (Å²) in [5, 5.41) is 5.68. The molecule has 3 amide bonds. The summed E-state index contributed by atoms with van der Waals surface area (Å²) < 4.78 is 0. The van der Waals surface area contributed by atoms with Crippen LogP contribution in [0.15, 0.2) is 36.4 Å². The summed E-state index contributed by atoms with van der Waals surface area (Å²) >= 11 is 0. The van der Waals surface area contributed by atoms with E-state index in [4.69, 9.17) is 0 Å². The molecule has 0 aromatic heterocycles. The molecule has 1 heterocycles. The van der Waals surface area contributed by atoms with E-state index in [1.807, 2.05) is 62.1 Å². The van der Waals surface area contributed by atoms with Crippen LogP contribution in [0.4, 0.5) is 21.9 Å². The molecule has 0 atom stereocenters. The molecule has 0 bridgehead atoms. The van der Waals surface area contributed by atoms with Gasteiger partial charge in [-0.1, -0.05) is 6.07 Å². The van der Waals surface area contributed by atoms with Crippen molar-refractivity contribution in [2.75, 3.05) is 22.1 Å². The average Bonchev–Trinajstić information content (AvgIpc) is 2.97. The summed E-state index contributed by atoms with van der Waals surface area (Å²) in [6.45, 7) is 6.77. The Balaban J connectivity index is 1.68. The molecule has 0 unspecified atom stereocenters. The molecule has 0 spiro atoms. The van der Waals surface area contributed by atoms with Crippen LogP contribution in [0.2, 0.25) is 0 Å². The summed E-state index contributed by atoms with van der Waals surface area (Å²) in [5.74, 6) is 0.163. The van der Waals surface area contributed by atoms with Crippen LogP contribution in [-0.2, 0) is 4.79 Å². The van der Waals surface area contributed by atoms with E-state index in [-0.39, 0.29) is 11.9 Å². The lowest BCUT2D eigenvalue weighted by atomic mass is 10.1. The van der Waals surface area contributed by atoms with Crippen molar-refractivity contribution >= 4 is 29.0 Å². The van der Waals surface area contributed by atoms with Crippen molar-refractivity contribution in [3.63, 3.8) is 0 Å². The van der Waals surface area contributed by atoms with Crippen molar-refractivity contribution in [1.29, 1.82) is 0 Å². The fourth-order valence-electron chi connectivity index (χ4n) is 3.05. The summed E-state index contributed by atoms with van der Waals surface area (Å²) in [7, 11) is 0. The maximum Gasteiger partial charge on any atom is 0.323 e. The van der Waals surface area contributed by atoms with Crippen molar-refractivity contribution in [1.82, 2.24) is 0 Å². The van der Waals surface area contributed by atoms with Crippen LogP contribution in [-0.4, -0.2) is 18.5 Å². The zero-order chi connectivity index (χ0) is 18.0. The van der Waals surface area contributed by atoms with Crippen molar-refractivity contribution in [3.05, 3.63) is 53.1 Å². The monoisotopic (exact) mass is 337 g/mol. The Morgan fingerprint density at radius 2 is 1.56 bits per heavy atom. The number of nitrogens with zero attached hydrogens (tertiary/aromatic N) is 1. The van der Waals surface area contributed by atoms with Gasteiger partial charge in [-0.25, -0.2) is 4.79 Å². The minimum Gasteiger partial charge on any atom is -0.312 e. The highest BCUT2D eigenvalue weighted by Gasteiger charge is 2.23. The molecular formula is C20H23N3O2. The predicted octanol–water partition coefficient (Wildman–Crippen LogP) is 4.38. The van der Waals surface area contributed by atoms with Crippen LogP contribution < -0.4 is 15.5 Å². The number of benzene rings is 2. The second-order valence-corrected chi connectivity index (χ2v) is 6.53. The number of carbonyl (C=O) groups excluding carboxylic acids is 2. The van der Waals surface area contributed by atoms with Gasteiger partial charge in [0.1, 0.15) is 0 Å². The van der Waals surface area contributed by atoms with E-state index in [1.165, 1.54) is 5.56 Å². The lowest BCUT2D eigenvalue weighted by molar-refractivity contribution is -0.117. The fourth-order valence-corrected chi connectivity index (χ4v) is 3.05. The van der Waals surface area contributed by atoms with Gasteiger partial charge in [0, 0.05) is 30.0 Å². The van der Waals surface area contributed by atoms with Crippen LogP contribution in [0.3, 0.4) is 0 Å². The smallest absolute Gasteiger partial charge is 0.312 e. The number of amides is 3. The Hall–Kier alpha value is -2.82. The molecule has 2 aromatic rings. The lowest BCUT2D eigenvalue weighted by Gasteiger charge is -2.19. The van der Waals surface area contributed by atoms with Gasteiger partial charge in [0.25, 0.3) is 0 Å². The van der Waals surface area contributed by atoms with E-state index in [1.54, 1.807) is 0 Å². The number of carbonyl (C=O) groups is 2. The molecule has 25 heavy (non-hydrogen) atoms. The number of anilines is 3. The Bertz CT molecular complexity index is 830. The number of aryl methyl sites for hydroxylation is 3. The highest BCUT2D eigenvalue weighted by Crippen LogP contribution is 2.27. The molecule has 2 N–H and O–H groups in total. The Kier molecular flexibility index (Phi) is 4.74. The van der Waals surface area contributed by atoms with Gasteiger partial charge in [-0.15, -0.1) is 0 Å². The van der Waals surface area contributed by atoms with Gasteiger partial charge in [0.2, 0.25) is 5.91 Å². The third-order valence-corrected chi connectivity index (χ3v) is 4.58. The van der Waals surface area contributed by atoms with E-state index in [0.29, 0.717) is 12.1 Å². The molecule has 1 aliphatic rings. The standard InChI is InChI=1S/C20H23N3O2/c1-13-6-7-16(11-14(13)2)21-20(25)22-17-8-9-18(15(3)12-17)23-10-4-5-19(23)24/h6-9,11-12H,4-5,10H2,1-3H3,(H2,21,22,25). The van der Waals surface area contributed by atoms with E-state index in [9.17, 15) is 9.59 Å². The molecule has 1 fully saturated rings. The third kappa shape index (κ3) is 3.82.